The van der Waals surface area contributed by atoms with E-state index in [0.29, 0.717) is 16.8 Å². The van der Waals surface area contributed by atoms with Crippen molar-refractivity contribution in [2.45, 2.75) is 18.7 Å². The Hall–Kier alpha value is -4.27. The molecule has 3 N–H and O–H groups in total. The van der Waals surface area contributed by atoms with Crippen molar-refractivity contribution >= 4 is 44.4 Å². The number of aryl methyl sites for hydroxylation is 2. The second kappa shape index (κ2) is 8.75. The Labute approximate surface area is 208 Å². The number of nitrogens with one attached hydrogen (secondary N) is 2. The molecule has 0 fully saturated rings. The molecule has 36 heavy (non-hydrogen) atoms. The molecule has 4 aromatic rings. The van der Waals surface area contributed by atoms with Gasteiger partial charge >= 0.3 is 0 Å². The van der Waals surface area contributed by atoms with Crippen molar-refractivity contribution in [1.82, 2.24) is 0 Å². The molecular formula is C28H22N2O5S. The van der Waals surface area contributed by atoms with Crippen molar-refractivity contribution in [2.75, 3.05) is 10.6 Å². The maximum atomic E-state index is 13.7. The number of ketones is 2. The van der Waals surface area contributed by atoms with E-state index < -0.39 is 10.1 Å². The summed E-state index contributed by atoms with van der Waals surface area (Å²) in [5, 5.41) is 6.21. The smallest absolute Gasteiger partial charge is 0.296 e. The Bertz CT molecular complexity index is 1660. The van der Waals surface area contributed by atoms with Crippen molar-refractivity contribution in [2.24, 2.45) is 0 Å². The van der Waals surface area contributed by atoms with Crippen LogP contribution in [0.3, 0.4) is 0 Å². The van der Waals surface area contributed by atoms with E-state index in [2.05, 4.69) is 10.6 Å². The molecule has 180 valence electrons. The first kappa shape index (κ1) is 23.5. The van der Waals surface area contributed by atoms with E-state index in [1.807, 2.05) is 31.2 Å². The van der Waals surface area contributed by atoms with Gasteiger partial charge in [-0.25, -0.2) is 0 Å². The summed E-state index contributed by atoms with van der Waals surface area (Å²) < 4.78 is 33.8. The van der Waals surface area contributed by atoms with Crippen LogP contribution in [0.15, 0.2) is 83.8 Å². The largest absolute Gasteiger partial charge is 0.355 e. The molecule has 0 atom stereocenters. The van der Waals surface area contributed by atoms with E-state index in [0.717, 1.165) is 11.3 Å². The minimum atomic E-state index is -4.55. The van der Waals surface area contributed by atoms with Crippen LogP contribution in [0.5, 0.6) is 0 Å². The molecule has 0 aliphatic heterocycles. The lowest BCUT2D eigenvalue weighted by molar-refractivity contribution is 0.0980. The molecular weight excluding hydrogens is 476 g/mol. The van der Waals surface area contributed by atoms with Gasteiger partial charge in [-0.2, -0.15) is 8.42 Å². The van der Waals surface area contributed by atoms with Crippen LogP contribution in [0, 0.1) is 13.8 Å². The van der Waals surface area contributed by atoms with Crippen LogP contribution in [-0.2, 0) is 10.1 Å². The highest BCUT2D eigenvalue weighted by atomic mass is 32.2. The van der Waals surface area contributed by atoms with E-state index >= 15 is 0 Å². The van der Waals surface area contributed by atoms with Gasteiger partial charge in [-0.3, -0.25) is 14.1 Å². The van der Waals surface area contributed by atoms with Gasteiger partial charge in [0.05, 0.1) is 28.2 Å². The van der Waals surface area contributed by atoms with Gasteiger partial charge in [0, 0.05) is 16.8 Å². The molecule has 7 nitrogen and oxygen atoms in total. The molecule has 0 radical (unpaired) electrons. The molecule has 4 aromatic carbocycles. The molecule has 0 aromatic heterocycles. The lowest BCUT2D eigenvalue weighted by Crippen LogP contribution is -2.23. The van der Waals surface area contributed by atoms with Gasteiger partial charge in [0.2, 0.25) is 0 Å². The third kappa shape index (κ3) is 4.17. The summed E-state index contributed by atoms with van der Waals surface area (Å²) in [7, 11) is -4.55. The molecule has 5 rings (SSSR count). The summed E-state index contributed by atoms with van der Waals surface area (Å²) in [6.07, 6.45) is 0. The van der Waals surface area contributed by atoms with Gasteiger partial charge in [-0.15, -0.1) is 0 Å². The topological polar surface area (TPSA) is 113 Å². The van der Waals surface area contributed by atoms with Crippen LogP contribution in [0.4, 0.5) is 22.7 Å². The number of hydrogen-bond acceptors (Lipinski definition) is 6. The summed E-state index contributed by atoms with van der Waals surface area (Å²) in [5.74, 6) is -0.687. The fourth-order valence-electron chi connectivity index (χ4n) is 4.31. The Morgan fingerprint density at radius 1 is 0.639 bits per heavy atom. The highest BCUT2D eigenvalue weighted by Crippen LogP contribution is 2.39. The zero-order chi connectivity index (χ0) is 25.6. The molecule has 0 heterocycles. The third-order valence-corrected chi connectivity index (χ3v) is 6.98. The van der Waals surface area contributed by atoms with Crippen molar-refractivity contribution in [3.8, 4) is 0 Å². The number of fused-ring (bicyclic) bond motifs is 2. The number of benzene rings is 4. The maximum Gasteiger partial charge on any atom is 0.296 e. The second-order valence-corrected chi connectivity index (χ2v) is 10.1. The quantitative estimate of drug-likeness (QED) is 0.262. The lowest BCUT2D eigenvalue weighted by Gasteiger charge is -2.24. The monoisotopic (exact) mass is 498 g/mol. The van der Waals surface area contributed by atoms with Crippen LogP contribution >= 0.6 is 0 Å². The van der Waals surface area contributed by atoms with Gasteiger partial charge in [0.15, 0.2) is 11.6 Å². The molecule has 0 bridgehead atoms. The van der Waals surface area contributed by atoms with E-state index in [1.54, 1.807) is 49.4 Å². The van der Waals surface area contributed by atoms with Crippen molar-refractivity contribution in [3.63, 3.8) is 0 Å². The van der Waals surface area contributed by atoms with Gasteiger partial charge < -0.3 is 10.6 Å². The van der Waals surface area contributed by atoms with Crippen LogP contribution in [-0.4, -0.2) is 24.5 Å². The molecule has 0 saturated carbocycles. The predicted molar refractivity (Wildman–Crippen MR) is 138 cm³/mol. The minimum Gasteiger partial charge on any atom is -0.355 e. The van der Waals surface area contributed by atoms with E-state index in [1.165, 1.54) is 12.1 Å². The van der Waals surface area contributed by atoms with Gasteiger partial charge in [-0.1, -0.05) is 48.0 Å². The first-order valence-electron chi connectivity index (χ1n) is 11.2. The fraction of sp³-hybridized carbons (Fsp3) is 0.0714. The number of carbonyl (C=O) groups excluding carboxylic acids is 2. The summed E-state index contributed by atoms with van der Waals surface area (Å²) in [4.78, 5) is 27.0. The van der Waals surface area contributed by atoms with Crippen LogP contribution in [0.1, 0.15) is 43.0 Å². The molecule has 1 aliphatic rings. The summed E-state index contributed by atoms with van der Waals surface area (Å²) in [6.45, 7) is 3.67. The highest BCUT2D eigenvalue weighted by Gasteiger charge is 2.34. The van der Waals surface area contributed by atoms with Gasteiger partial charge in [0.1, 0.15) is 4.90 Å². The molecule has 8 heteroatoms. The normalized spacial score (nSPS) is 12.6. The number of carbonyl (C=O) groups is 2. The van der Waals surface area contributed by atoms with Crippen LogP contribution in [0.2, 0.25) is 0 Å². The summed E-state index contributed by atoms with van der Waals surface area (Å²) in [5.41, 5.74) is 4.12. The standard InChI is InChI=1S/C28H22N2O5S/c1-16-7-10-18(11-8-16)29-22-13-14-23(30-21-12-9-17(2)15-24(21)36(33,34)35)26-25(22)27(31)19-5-3-4-6-20(19)28(26)32/h3-15,29-30H,1-2H3,(H,33,34,35). The maximum absolute atomic E-state index is 13.7. The molecule has 0 spiro atoms. The van der Waals surface area contributed by atoms with Crippen molar-refractivity contribution < 1.29 is 22.6 Å². The lowest BCUT2D eigenvalue weighted by atomic mass is 9.82. The Kier molecular flexibility index (Phi) is 5.70. The fourth-order valence-corrected chi connectivity index (χ4v) is 5.05. The van der Waals surface area contributed by atoms with Crippen LogP contribution in [0.25, 0.3) is 0 Å². The number of rotatable bonds is 5. The molecule has 0 amide bonds. The predicted octanol–water partition coefficient (Wildman–Crippen LogP) is 5.81. The second-order valence-electron chi connectivity index (χ2n) is 8.71. The molecule has 0 saturated heterocycles. The number of anilines is 4. The van der Waals surface area contributed by atoms with E-state index in [9.17, 15) is 22.6 Å². The van der Waals surface area contributed by atoms with Crippen LogP contribution < -0.4 is 10.6 Å². The third-order valence-electron chi connectivity index (χ3n) is 6.09. The van der Waals surface area contributed by atoms with Crippen molar-refractivity contribution in [1.29, 1.82) is 0 Å². The first-order chi connectivity index (χ1) is 17.1. The summed E-state index contributed by atoms with van der Waals surface area (Å²) in [6, 6.07) is 22.0. The van der Waals surface area contributed by atoms with Gasteiger partial charge in [-0.05, 0) is 55.8 Å². The average Bonchev–Trinajstić information content (AvgIpc) is 2.85. The van der Waals surface area contributed by atoms with E-state index in [-0.39, 0.29) is 44.5 Å². The highest BCUT2D eigenvalue weighted by molar-refractivity contribution is 7.86. The minimum absolute atomic E-state index is 0.0867. The Balaban J connectivity index is 1.69. The number of hydrogen-bond donors (Lipinski definition) is 3. The summed E-state index contributed by atoms with van der Waals surface area (Å²) >= 11 is 0. The molecule has 1 aliphatic carbocycles. The Morgan fingerprint density at radius 3 is 1.69 bits per heavy atom. The SMILES string of the molecule is Cc1ccc(Nc2ccc(Nc3ccc(C)cc3S(=O)(=O)O)c3c2C(=O)c2ccccc2C3=O)cc1. The average molecular weight is 499 g/mol. The van der Waals surface area contributed by atoms with Gasteiger partial charge in [0.25, 0.3) is 10.1 Å². The first-order valence-corrected chi connectivity index (χ1v) is 12.6. The Morgan fingerprint density at radius 2 is 1.14 bits per heavy atom. The zero-order valence-electron chi connectivity index (χ0n) is 19.5. The van der Waals surface area contributed by atoms with E-state index in [4.69, 9.17) is 0 Å². The van der Waals surface area contributed by atoms with Crippen molar-refractivity contribution in [3.05, 3.63) is 112 Å². The molecule has 0 unspecified atom stereocenters. The zero-order valence-corrected chi connectivity index (χ0v) is 20.3.